The third-order valence-electron chi connectivity index (χ3n) is 4.60. The molecular formula is C20H23N3O3. The number of amides is 3. The van der Waals surface area contributed by atoms with Crippen molar-refractivity contribution in [1.82, 2.24) is 4.90 Å². The Morgan fingerprint density at radius 3 is 2.35 bits per heavy atom. The molecule has 1 saturated heterocycles. The summed E-state index contributed by atoms with van der Waals surface area (Å²) >= 11 is 0. The van der Waals surface area contributed by atoms with Crippen LogP contribution in [0.3, 0.4) is 0 Å². The fraction of sp³-hybridized carbons (Fsp3) is 0.300. The van der Waals surface area contributed by atoms with Gasteiger partial charge in [0.1, 0.15) is 11.8 Å². The first-order chi connectivity index (χ1) is 12.5. The molecule has 1 N–H and O–H groups in total. The van der Waals surface area contributed by atoms with Crippen LogP contribution in [0.4, 0.5) is 16.2 Å². The smallest absolute Gasteiger partial charge is 0.322 e. The van der Waals surface area contributed by atoms with Gasteiger partial charge in [-0.25, -0.2) is 4.79 Å². The van der Waals surface area contributed by atoms with E-state index in [0.29, 0.717) is 13.1 Å². The number of rotatable bonds is 3. The minimum atomic E-state index is -0.531. The van der Waals surface area contributed by atoms with Crippen LogP contribution in [-0.2, 0) is 4.79 Å². The van der Waals surface area contributed by atoms with Gasteiger partial charge in [-0.05, 0) is 50.2 Å². The van der Waals surface area contributed by atoms with Gasteiger partial charge in [0.15, 0.2) is 0 Å². The number of hydrogen-bond donors (Lipinski definition) is 1. The molecule has 2 aromatic rings. The zero-order chi connectivity index (χ0) is 18.7. The topological polar surface area (TPSA) is 61.9 Å². The molecule has 1 heterocycles. The second-order valence-corrected chi connectivity index (χ2v) is 6.35. The molecule has 0 spiro atoms. The normalized spacial score (nSPS) is 17.2. The number of anilines is 2. The molecule has 136 valence electrons. The highest BCUT2D eigenvalue weighted by Crippen LogP contribution is 2.23. The summed E-state index contributed by atoms with van der Waals surface area (Å²) in [6.45, 7) is 4.67. The maximum atomic E-state index is 12.8. The molecule has 6 heteroatoms. The predicted octanol–water partition coefficient (Wildman–Crippen LogP) is 3.27. The lowest BCUT2D eigenvalue weighted by molar-refractivity contribution is -0.123. The summed E-state index contributed by atoms with van der Waals surface area (Å²) in [6.07, 6.45) is 0. The van der Waals surface area contributed by atoms with Gasteiger partial charge >= 0.3 is 6.03 Å². The molecule has 6 nitrogen and oxygen atoms in total. The first-order valence-electron chi connectivity index (χ1n) is 8.59. The molecular weight excluding hydrogens is 330 g/mol. The first-order valence-corrected chi connectivity index (χ1v) is 8.59. The van der Waals surface area contributed by atoms with E-state index >= 15 is 0 Å². The molecule has 0 radical (unpaired) electrons. The molecule has 1 aliphatic rings. The van der Waals surface area contributed by atoms with Crippen molar-refractivity contribution in [1.29, 1.82) is 0 Å². The van der Waals surface area contributed by atoms with Crippen molar-refractivity contribution < 1.29 is 14.3 Å². The minimum absolute atomic E-state index is 0.0968. The second kappa shape index (κ2) is 7.47. The number of nitrogens with zero attached hydrogens (tertiary/aromatic N) is 2. The Morgan fingerprint density at radius 1 is 1.08 bits per heavy atom. The number of piperazine rings is 1. The van der Waals surface area contributed by atoms with E-state index in [2.05, 4.69) is 5.32 Å². The van der Waals surface area contributed by atoms with Crippen LogP contribution >= 0.6 is 0 Å². The number of aryl methyl sites for hydroxylation is 1. The molecule has 0 aliphatic carbocycles. The second-order valence-electron chi connectivity index (χ2n) is 6.35. The van der Waals surface area contributed by atoms with Gasteiger partial charge in [-0.1, -0.05) is 17.7 Å². The Balaban J connectivity index is 1.68. The molecule has 0 unspecified atom stereocenters. The van der Waals surface area contributed by atoms with Crippen molar-refractivity contribution in [2.75, 3.05) is 30.4 Å². The Morgan fingerprint density at radius 2 is 1.73 bits per heavy atom. The van der Waals surface area contributed by atoms with E-state index in [1.165, 1.54) is 0 Å². The molecule has 0 aromatic heterocycles. The molecule has 0 bridgehead atoms. The predicted molar refractivity (Wildman–Crippen MR) is 102 cm³/mol. The maximum Gasteiger partial charge on any atom is 0.322 e. The van der Waals surface area contributed by atoms with E-state index in [1.807, 2.05) is 55.5 Å². The number of benzene rings is 2. The lowest BCUT2D eigenvalue weighted by atomic mass is 10.1. The number of carbonyl (C=O) groups is 2. The quantitative estimate of drug-likeness (QED) is 0.921. The van der Waals surface area contributed by atoms with Gasteiger partial charge < -0.3 is 19.9 Å². The van der Waals surface area contributed by atoms with Gasteiger partial charge in [0, 0.05) is 24.5 Å². The van der Waals surface area contributed by atoms with Crippen LogP contribution in [0, 0.1) is 6.92 Å². The molecule has 3 amide bonds. The number of ether oxygens (including phenoxy) is 1. The van der Waals surface area contributed by atoms with Crippen LogP contribution in [0.15, 0.2) is 48.5 Å². The Kier molecular flexibility index (Phi) is 5.11. The van der Waals surface area contributed by atoms with Gasteiger partial charge in [-0.2, -0.15) is 0 Å². The molecule has 3 rings (SSSR count). The monoisotopic (exact) mass is 353 g/mol. The van der Waals surface area contributed by atoms with E-state index in [1.54, 1.807) is 23.8 Å². The highest BCUT2D eigenvalue weighted by molar-refractivity contribution is 6.01. The summed E-state index contributed by atoms with van der Waals surface area (Å²) in [5, 5.41) is 2.86. The van der Waals surface area contributed by atoms with Crippen LogP contribution < -0.4 is 15.0 Å². The first kappa shape index (κ1) is 17.8. The summed E-state index contributed by atoms with van der Waals surface area (Å²) in [7, 11) is 1.60. The number of methoxy groups -OCH3 is 1. The fourth-order valence-electron chi connectivity index (χ4n) is 3.00. The number of nitrogens with one attached hydrogen (secondary N) is 1. The van der Waals surface area contributed by atoms with Crippen LogP contribution in [0.5, 0.6) is 5.75 Å². The third-order valence-corrected chi connectivity index (χ3v) is 4.60. The average molecular weight is 353 g/mol. The highest BCUT2D eigenvalue weighted by atomic mass is 16.5. The standard InChI is InChI=1S/C20H23N3O3/c1-14-4-6-16(7-5-14)21-20(25)22-12-13-23(19(24)15(22)2)17-8-10-18(26-3)11-9-17/h4-11,15H,12-13H2,1-3H3,(H,21,25)/t15-/m1/s1. The fourth-order valence-corrected chi connectivity index (χ4v) is 3.00. The average Bonchev–Trinajstić information content (AvgIpc) is 2.66. The van der Waals surface area contributed by atoms with Crippen LogP contribution in [-0.4, -0.2) is 43.1 Å². The van der Waals surface area contributed by atoms with Crippen LogP contribution in [0.2, 0.25) is 0 Å². The van der Waals surface area contributed by atoms with Crippen molar-refractivity contribution in [3.05, 3.63) is 54.1 Å². The molecule has 1 aliphatic heterocycles. The number of hydrogen-bond acceptors (Lipinski definition) is 3. The maximum absolute atomic E-state index is 12.8. The Labute approximate surface area is 153 Å². The molecule has 2 aromatic carbocycles. The Hall–Kier alpha value is -3.02. The molecule has 26 heavy (non-hydrogen) atoms. The summed E-state index contributed by atoms with van der Waals surface area (Å²) in [4.78, 5) is 28.6. The summed E-state index contributed by atoms with van der Waals surface area (Å²) in [5.41, 5.74) is 2.65. The third kappa shape index (κ3) is 3.64. The zero-order valence-corrected chi connectivity index (χ0v) is 15.2. The van der Waals surface area contributed by atoms with E-state index in [-0.39, 0.29) is 11.9 Å². The lowest BCUT2D eigenvalue weighted by Gasteiger charge is -2.39. The lowest BCUT2D eigenvalue weighted by Crippen LogP contribution is -2.58. The van der Waals surface area contributed by atoms with Gasteiger partial charge in [-0.15, -0.1) is 0 Å². The highest BCUT2D eigenvalue weighted by Gasteiger charge is 2.35. The van der Waals surface area contributed by atoms with Crippen molar-refractivity contribution in [3.8, 4) is 5.75 Å². The minimum Gasteiger partial charge on any atom is -0.497 e. The number of carbonyl (C=O) groups excluding carboxylic acids is 2. The van der Waals surface area contributed by atoms with Gasteiger partial charge in [0.2, 0.25) is 5.91 Å². The summed E-state index contributed by atoms with van der Waals surface area (Å²) in [6, 6.07) is 14.1. The van der Waals surface area contributed by atoms with Gasteiger partial charge in [0.05, 0.1) is 7.11 Å². The van der Waals surface area contributed by atoms with Gasteiger partial charge in [-0.3, -0.25) is 4.79 Å². The summed E-state index contributed by atoms with van der Waals surface area (Å²) in [5.74, 6) is 0.644. The van der Waals surface area contributed by atoms with E-state index in [9.17, 15) is 9.59 Å². The zero-order valence-electron chi connectivity index (χ0n) is 15.2. The largest absolute Gasteiger partial charge is 0.497 e. The molecule has 1 fully saturated rings. The molecule has 0 saturated carbocycles. The Bertz CT molecular complexity index is 787. The SMILES string of the molecule is COc1ccc(N2CCN(C(=O)Nc3ccc(C)cc3)[C@H](C)C2=O)cc1. The summed E-state index contributed by atoms with van der Waals surface area (Å²) < 4.78 is 5.15. The van der Waals surface area contributed by atoms with E-state index in [0.717, 1.165) is 22.7 Å². The van der Waals surface area contributed by atoms with Crippen LogP contribution in [0.1, 0.15) is 12.5 Å². The van der Waals surface area contributed by atoms with E-state index in [4.69, 9.17) is 4.74 Å². The van der Waals surface area contributed by atoms with Crippen molar-refractivity contribution in [2.24, 2.45) is 0 Å². The van der Waals surface area contributed by atoms with Crippen molar-refractivity contribution in [2.45, 2.75) is 19.9 Å². The van der Waals surface area contributed by atoms with Crippen molar-refractivity contribution in [3.63, 3.8) is 0 Å². The van der Waals surface area contributed by atoms with E-state index < -0.39 is 6.04 Å². The van der Waals surface area contributed by atoms with Crippen LogP contribution in [0.25, 0.3) is 0 Å². The molecule has 1 atom stereocenters. The number of urea groups is 1. The van der Waals surface area contributed by atoms with Crippen molar-refractivity contribution >= 4 is 23.3 Å². The van der Waals surface area contributed by atoms with Gasteiger partial charge in [0.25, 0.3) is 0 Å².